The molecule has 0 bridgehead atoms. The van der Waals surface area contributed by atoms with Crippen molar-refractivity contribution in [2.24, 2.45) is 0 Å². The minimum atomic E-state index is -0.571. The number of ether oxygens (including phenoxy) is 1. The van der Waals surface area contributed by atoms with Crippen LogP contribution in [0.3, 0.4) is 0 Å². The predicted molar refractivity (Wildman–Crippen MR) is 64.5 cm³/mol. The Hall–Kier alpha value is -1.47. The molecule has 2 rings (SSSR count). The molecule has 2 aromatic heterocycles. The highest BCUT2D eigenvalue weighted by atomic mass is 32.1. The van der Waals surface area contributed by atoms with E-state index in [0.717, 1.165) is 0 Å². The number of nitrogens with zero attached hydrogens (tertiary/aromatic N) is 3. The van der Waals surface area contributed by atoms with Gasteiger partial charge in [-0.05, 0) is 20.8 Å². The van der Waals surface area contributed by atoms with E-state index < -0.39 is 5.60 Å². The number of hydrogen-bond donors (Lipinski definition) is 1. The highest BCUT2D eigenvalue weighted by molar-refractivity contribution is 7.13. The number of hydrogen-bond acceptors (Lipinski definition) is 7. The summed E-state index contributed by atoms with van der Waals surface area (Å²) in [4.78, 5) is 8.35. The zero-order chi connectivity index (χ0) is 12.5. The first-order chi connectivity index (χ1) is 8.03. The van der Waals surface area contributed by atoms with Crippen molar-refractivity contribution in [3.8, 4) is 11.6 Å². The molecule has 0 unspecified atom stereocenters. The molecule has 2 aromatic rings. The topological polar surface area (TPSA) is 87.1 Å². The summed E-state index contributed by atoms with van der Waals surface area (Å²) in [5.74, 6) is 0.863. The lowest BCUT2D eigenvalue weighted by Crippen LogP contribution is -2.23. The second kappa shape index (κ2) is 4.42. The third-order valence-corrected chi connectivity index (χ3v) is 2.88. The van der Waals surface area contributed by atoms with Crippen LogP contribution in [0.25, 0.3) is 11.6 Å². The molecule has 2 N–H and O–H groups in total. The summed E-state index contributed by atoms with van der Waals surface area (Å²) in [5, 5.41) is 6.16. The van der Waals surface area contributed by atoms with Crippen LogP contribution in [0.5, 0.6) is 0 Å². The van der Waals surface area contributed by atoms with Crippen molar-refractivity contribution in [3.05, 3.63) is 11.2 Å². The van der Waals surface area contributed by atoms with Crippen molar-refractivity contribution in [1.82, 2.24) is 15.1 Å². The maximum atomic E-state index is 5.55. The van der Waals surface area contributed by atoms with Crippen LogP contribution in [0.2, 0.25) is 0 Å². The summed E-state index contributed by atoms with van der Waals surface area (Å²) in [6.07, 6.45) is 0. The van der Waals surface area contributed by atoms with Gasteiger partial charge in [0.05, 0.1) is 0 Å². The summed E-state index contributed by atoms with van der Waals surface area (Å²) in [7, 11) is 0. The molecular weight excluding hydrogens is 240 g/mol. The van der Waals surface area contributed by atoms with Crippen molar-refractivity contribution in [1.29, 1.82) is 0 Å². The lowest BCUT2D eigenvalue weighted by atomic mass is 10.1. The molecule has 92 valence electrons. The average Bonchev–Trinajstić information content (AvgIpc) is 2.85. The van der Waals surface area contributed by atoms with Gasteiger partial charge < -0.3 is 15.0 Å². The first-order valence-corrected chi connectivity index (χ1v) is 6.10. The van der Waals surface area contributed by atoms with Gasteiger partial charge in [-0.1, -0.05) is 5.16 Å². The lowest BCUT2D eigenvalue weighted by molar-refractivity contribution is -0.0221. The first kappa shape index (κ1) is 12.0. The second-order valence-corrected chi connectivity index (χ2v) is 4.83. The van der Waals surface area contributed by atoms with Gasteiger partial charge in [0.1, 0.15) is 11.3 Å². The minimum Gasteiger partial charge on any atom is -0.375 e. The van der Waals surface area contributed by atoms with Crippen molar-refractivity contribution in [2.75, 3.05) is 12.3 Å². The molecule has 0 saturated carbocycles. The van der Waals surface area contributed by atoms with Gasteiger partial charge >= 0.3 is 0 Å². The molecule has 2 heterocycles. The molecule has 0 aromatic carbocycles. The molecule has 7 heteroatoms. The number of thiazole rings is 1. The number of nitrogens with two attached hydrogens (primary N) is 1. The quantitative estimate of drug-likeness (QED) is 0.898. The van der Waals surface area contributed by atoms with E-state index in [1.807, 2.05) is 20.8 Å². The van der Waals surface area contributed by atoms with Crippen molar-refractivity contribution in [3.63, 3.8) is 0 Å². The zero-order valence-electron chi connectivity index (χ0n) is 9.93. The Morgan fingerprint density at radius 2 is 2.24 bits per heavy atom. The van der Waals surface area contributed by atoms with Gasteiger partial charge in [0, 0.05) is 12.0 Å². The lowest BCUT2D eigenvalue weighted by Gasteiger charge is -2.19. The van der Waals surface area contributed by atoms with Gasteiger partial charge in [0.2, 0.25) is 5.82 Å². The summed E-state index contributed by atoms with van der Waals surface area (Å²) < 4.78 is 10.7. The molecule has 0 amide bonds. The third kappa shape index (κ3) is 2.45. The molecule has 0 spiro atoms. The van der Waals surface area contributed by atoms with E-state index in [1.54, 1.807) is 5.38 Å². The summed E-state index contributed by atoms with van der Waals surface area (Å²) in [5.41, 5.74) is 5.57. The fraction of sp³-hybridized carbons (Fsp3) is 0.500. The first-order valence-electron chi connectivity index (χ1n) is 5.22. The largest absolute Gasteiger partial charge is 0.375 e. The van der Waals surface area contributed by atoms with Crippen LogP contribution in [0.1, 0.15) is 26.6 Å². The Morgan fingerprint density at radius 1 is 1.47 bits per heavy atom. The zero-order valence-corrected chi connectivity index (χ0v) is 10.7. The molecule has 0 saturated heterocycles. The SMILES string of the molecule is CCOC(C)(C)c1noc(-c2csc(N)n2)n1. The van der Waals surface area contributed by atoms with Gasteiger partial charge in [-0.2, -0.15) is 4.98 Å². The van der Waals surface area contributed by atoms with E-state index >= 15 is 0 Å². The molecular formula is C10H14N4O2S. The van der Waals surface area contributed by atoms with Crippen LogP contribution in [-0.2, 0) is 10.3 Å². The van der Waals surface area contributed by atoms with Gasteiger partial charge in [-0.15, -0.1) is 11.3 Å². The molecule has 0 aliphatic heterocycles. The monoisotopic (exact) mass is 254 g/mol. The molecule has 0 radical (unpaired) electrons. The van der Waals surface area contributed by atoms with E-state index in [0.29, 0.717) is 29.1 Å². The number of aromatic nitrogens is 3. The van der Waals surface area contributed by atoms with Crippen molar-refractivity contribution < 1.29 is 9.26 Å². The standard InChI is InChI=1S/C10H14N4O2S/c1-4-15-10(2,3)8-13-7(16-14-8)6-5-17-9(11)12-6/h5H,4H2,1-3H3,(H2,11,12). The van der Waals surface area contributed by atoms with Gasteiger partial charge in [-0.25, -0.2) is 4.98 Å². The average molecular weight is 254 g/mol. The van der Waals surface area contributed by atoms with E-state index in [4.69, 9.17) is 15.0 Å². The van der Waals surface area contributed by atoms with Crippen molar-refractivity contribution in [2.45, 2.75) is 26.4 Å². The van der Waals surface area contributed by atoms with Crippen LogP contribution in [0.15, 0.2) is 9.90 Å². The minimum absolute atomic E-state index is 0.362. The van der Waals surface area contributed by atoms with Crippen LogP contribution < -0.4 is 5.73 Å². The smallest absolute Gasteiger partial charge is 0.277 e. The molecule has 0 fully saturated rings. The van der Waals surface area contributed by atoms with E-state index in [2.05, 4.69) is 15.1 Å². The Morgan fingerprint density at radius 3 is 2.82 bits per heavy atom. The molecule has 6 nitrogen and oxygen atoms in total. The third-order valence-electron chi connectivity index (χ3n) is 2.21. The summed E-state index contributed by atoms with van der Waals surface area (Å²) in [6.45, 7) is 6.28. The Bertz CT molecular complexity index is 506. The molecule has 0 aliphatic carbocycles. The van der Waals surface area contributed by atoms with Crippen LogP contribution >= 0.6 is 11.3 Å². The molecule has 0 atom stereocenters. The fourth-order valence-corrected chi connectivity index (χ4v) is 1.92. The molecule has 17 heavy (non-hydrogen) atoms. The number of rotatable bonds is 4. The predicted octanol–water partition coefficient (Wildman–Crippen LogP) is 2.05. The van der Waals surface area contributed by atoms with Gasteiger partial charge in [0.25, 0.3) is 5.89 Å². The summed E-state index contributed by atoms with van der Waals surface area (Å²) in [6, 6.07) is 0. The second-order valence-electron chi connectivity index (χ2n) is 3.94. The van der Waals surface area contributed by atoms with Crippen LogP contribution in [0.4, 0.5) is 5.13 Å². The van der Waals surface area contributed by atoms with Crippen LogP contribution in [0, 0.1) is 0 Å². The number of anilines is 1. The van der Waals surface area contributed by atoms with E-state index in [-0.39, 0.29) is 0 Å². The van der Waals surface area contributed by atoms with Crippen LogP contribution in [-0.4, -0.2) is 21.7 Å². The highest BCUT2D eigenvalue weighted by Crippen LogP contribution is 2.26. The Kier molecular flexibility index (Phi) is 3.12. The van der Waals surface area contributed by atoms with E-state index in [9.17, 15) is 0 Å². The highest BCUT2D eigenvalue weighted by Gasteiger charge is 2.27. The maximum Gasteiger partial charge on any atom is 0.277 e. The van der Waals surface area contributed by atoms with Gasteiger partial charge in [0.15, 0.2) is 5.13 Å². The normalized spacial score (nSPS) is 11.9. The summed E-state index contributed by atoms with van der Waals surface area (Å²) >= 11 is 1.33. The molecule has 0 aliphatic rings. The van der Waals surface area contributed by atoms with Gasteiger partial charge in [-0.3, -0.25) is 0 Å². The number of nitrogen functional groups attached to an aromatic ring is 1. The maximum absolute atomic E-state index is 5.55. The Balaban J connectivity index is 2.27. The Labute approximate surface area is 103 Å². The fourth-order valence-electron chi connectivity index (χ4n) is 1.38. The van der Waals surface area contributed by atoms with E-state index in [1.165, 1.54) is 11.3 Å². The van der Waals surface area contributed by atoms with Crippen molar-refractivity contribution >= 4 is 16.5 Å².